The summed E-state index contributed by atoms with van der Waals surface area (Å²) in [5.41, 5.74) is 1.84. The van der Waals surface area contributed by atoms with Gasteiger partial charge >= 0.3 is 6.09 Å². The molecule has 2 rings (SSSR count). The van der Waals surface area contributed by atoms with E-state index in [9.17, 15) is 4.79 Å². The maximum absolute atomic E-state index is 12.7. The molecule has 0 aliphatic rings. The van der Waals surface area contributed by atoms with Crippen LogP contribution < -0.4 is 0 Å². The number of nitrogens with zero attached hydrogens (tertiary/aromatic N) is 1. The number of hydrogen-bond donors (Lipinski definition) is 0. The molecule has 0 aromatic heterocycles. The van der Waals surface area contributed by atoms with Gasteiger partial charge in [0, 0.05) is 24.9 Å². The van der Waals surface area contributed by atoms with Gasteiger partial charge < -0.3 is 9.64 Å². The first-order valence-corrected chi connectivity index (χ1v) is 9.58. The minimum absolute atomic E-state index is 0.0836. The Morgan fingerprint density at radius 3 is 1.92 bits per heavy atom. The first-order chi connectivity index (χ1) is 12.4. The number of carbonyl (C=O) groups is 1. The zero-order valence-electron chi connectivity index (χ0n) is 15.8. The van der Waals surface area contributed by atoms with Crippen molar-refractivity contribution in [3.05, 3.63) is 71.8 Å². The number of benzene rings is 2. The van der Waals surface area contributed by atoms with Crippen LogP contribution in [0.5, 0.6) is 0 Å². The number of amides is 1. The molecule has 2 aromatic rings. The topological polar surface area (TPSA) is 29.5 Å². The van der Waals surface area contributed by atoms with E-state index in [2.05, 4.69) is 24.3 Å². The van der Waals surface area contributed by atoms with Crippen LogP contribution in [-0.4, -0.2) is 35.6 Å². The van der Waals surface area contributed by atoms with Gasteiger partial charge in [0.05, 0.1) is 0 Å². The van der Waals surface area contributed by atoms with Gasteiger partial charge in [0.1, 0.15) is 5.60 Å². The molecule has 0 saturated heterocycles. The van der Waals surface area contributed by atoms with Crippen LogP contribution in [0.1, 0.15) is 44.2 Å². The summed E-state index contributed by atoms with van der Waals surface area (Å²) in [4.78, 5) is 14.5. The van der Waals surface area contributed by atoms with E-state index in [4.69, 9.17) is 16.3 Å². The lowest BCUT2D eigenvalue weighted by Crippen LogP contribution is -2.40. The minimum atomic E-state index is -0.523. The highest BCUT2D eigenvalue weighted by Crippen LogP contribution is 2.26. The largest absolute Gasteiger partial charge is 0.444 e. The molecule has 0 aliphatic carbocycles. The molecule has 0 bridgehead atoms. The van der Waals surface area contributed by atoms with Crippen LogP contribution >= 0.6 is 11.6 Å². The second-order valence-electron chi connectivity index (χ2n) is 7.34. The summed E-state index contributed by atoms with van der Waals surface area (Å²) in [5, 5.41) is 0. The molecule has 0 heterocycles. The Bertz CT molecular complexity index is 628. The fraction of sp³-hybridized carbons (Fsp3) is 0.409. The first-order valence-electron chi connectivity index (χ1n) is 9.04. The summed E-state index contributed by atoms with van der Waals surface area (Å²) in [6.07, 6.45) is 0.441. The molecule has 0 aliphatic heterocycles. The van der Waals surface area contributed by atoms with Gasteiger partial charge in [0.2, 0.25) is 0 Å². The Morgan fingerprint density at radius 1 is 1.00 bits per heavy atom. The number of hydrogen-bond acceptors (Lipinski definition) is 2. The third kappa shape index (κ3) is 6.38. The van der Waals surface area contributed by atoms with E-state index in [1.165, 1.54) is 11.1 Å². The number of halogens is 1. The van der Waals surface area contributed by atoms with Gasteiger partial charge in [-0.25, -0.2) is 4.79 Å². The fourth-order valence-electron chi connectivity index (χ4n) is 2.83. The predicted octanol–water partition coefficient (Wildman–Crippen LogP) is 5.68. The van der Waals surface area contributed by atoms with Crippen LogP contribution in [0.4, 0.5) is 4.79 Å². The second-order valence-corrected chi connectivity index (χ2v) is 7.72. The average molecular weight is 374 g/mol. The molecule has 0 saturated carbocycles. The molecule has 4 heteroatoms. The summed E-state index contributed by atoms with van der Waals surface area (Å²) in [7, 11) is 0. The molecule has 2 aromatic carbocycles. The highest BCUT2D eigenvalue weighted by molar-refractivity contribution is 6.17. The SMILES string of the molecule is CC(C)(C)OC(=O)N(CCCCl)CC(c1ccccc1)c1ccccc1. The van der Waals surface area contributed by atoms with Crippen molar-refractivity contribution in [3.63, 3.8) is 0 Å². The summed E-state index contributed by atoms with van der Waals surface area (Å²) >= 11 is 5.88. The summed E-state index contributed by atoms with van der Waals surface area (Å²) in [6, 6.07) is 20.5. The quantitative estimate of drug-likeness (QED) is 0.584. The molecular formula is C22H28ClNO2. The average Bonchev–Trinajstić information content (AvgIpc) is 2.62. The first kappa shape index (κ1) is 20.3. The Hall–Kier alpha value is -2.00. The van der Waals surface area contributed by atoms with E-state index in [1.54, 1.807) is 4.90 Å². The molecule has 1 amide bonds. The number of carbonyl (C=O) groups excluding carboxylic acids is 1. The van der Waals surface area contributed by atoms with Gasteiger partial charge in [-0.05, 0) is 38.3 Å². The molecule has 3 nitrogen and oxygen atoms in total. The van der Waals surface area contributed by atoms with Gasteiger partial charge in [0.15, 0.2) is 0 Å². The van der Waals surface area contributed by atoms with Crippen LogP contribution in [0.2, 0.25) is 0 Å². The molecule has 140 valence electrons. The second kappa shape index (κ2) is 9.63. The normalized spacial score (nSPS) is 11.4. The minimum Gasteiger partial charge on any atom is -0.444 e. The van der Waals surface area contributed by atoms with Crippen molar-refractivity contribution in [2.75, 3.05) is 19.0 Å². The molecule has 0 radical (unpaired) electrons. The molecular weight excluding hydrogens is 346 g/mol. The lowest BCUT2D eigenvalue weighted by Gasteiger charge is -2.30. The monoisotopic (exact) mass is 373 g/mol. The van der Waals surface area contributed by atoms with Crippen molar-refractivity contribution in [1.29, 1.82) is 0 Å². The molecule has 0 N–H and O–H groups in total. The van der Waals surface area contributed by atoms with Crippen molar-refractivity contribution in [2.45, 2.75) is 38.7 Å². The molecule has 0 fully saturated rings. The Labute approximate surface area is 161 Å². The van der Waals surface area contributed by atoms with Gasteiger partial charge in [0.25, 0.3) is 0 Å². The Kier molecular flexibility index (Phi) is 7.52. The van der Waals surface area contributed by atoms with E-state index < -0.39 is 5.60 Å². The maximum Gasteiger partial charge on any atom is 0.410 e. The molecule has 26 heavy (non-hydrogen) atoms. The summed E-state index contributed by atoms with van der Waals surface area (Å²) < 4.78 is 5.61. The zero-order chi connectivity index (χ0) is 19.0. The third-order valence-electron chi connectivity index (χ3n) is 4.02. The number of ether oxygens (including phenoxy) is 1. The molecule has 0 atom stereocenters. The van der Waals surface area contributed by atoms with E-state index in [0.717, 1.165) is 6.42 Å². The predicted molar refractivity (Wildman–Crippen MR) is 108 cm³/mol. The van der Waals surface area contributed by atoms with E-state index in [-0.39, 0.29) is 12.0 Å². The van der Waals surface area contributed by atoms with Crippen molar-refractivity contribution in [3.8, 4) is 0 Å². The van der Waals surface area contributed by atoms with Gasteiger partial charge in [-0.3, -0.25) is 0 Å². The van der Waals surface area contributed by atoms with E-state index in [1.807, 2.05) is 57.2 Å². The van der Waals surface area contributed by atoms with Crippen LogP contribution in [0.15, 0.2) is 60.7 Å². The van der Waals surface area contributed by atoms with E-state index >= 15 is 0 Å². The van der Waals surface area contributed by atoms with Crippen LogP contribution in [0, 0.1) is 0 Å². The maximum atomic E-state index is 12.7. The van der Waals surface area contributed by atoms with Gasteiger partial charge in [-0.1, -0.05) is 60.7 Å². The van der Waals surface area contributed by atoms with Crippen LogP contribution in [0.25, 0.3) is 0 Å². The van der Waals surface area contributed by atoms with Crippen LogP contribution in [-0.2, 0) is 4.74 Å². The third-order valence-corrected chi connectivity index (χ3v) is 4.29. The highest BCUT2D eigenvalue weighted by Gasteiger charge is 2.25. The number of rotatable bonds is 7. The Morgan fingerprint density at radius 2 is 1.50 bits per heavy atom. The van der Waals surface area contributed by atoms with Crippen molar-refractivity contribution in [1.82, 2.24) is 4.90 Å². The molecule has 0 spiro atoms. The van der Waals surface area contributed by atoms with Gasteiger partial charge in [-0.15, -0.1) is 11.6 Å². The highest BCUT2D eigenvalue weighted by atomic mass is 35.5. The standard InChI is InChI=1S/C22H28ClNO2/c1-22(2,3)26-21(25)24(16-10-15-23)17-20(18-11-6-4-7-12-18)19-13-8-5-9-14-19/h4-9,11-14,20H,10,15-17H2,1-3H3. The van der Waals surface area contributed by atoms with E-state index in [0.29, 0.717) is 19.0 Å². The summed E-state index contributed by atoms with van der Waals surface area (Å²) in [5.74, 6) is 0.598. The lowest BCUT2D eigenvalue weighted by molar-refractivity contribution is 0.0244. The van der Waals surface area contributed by atoms with Gasteiger partial charge in [-0.2, -0.15) is 0 Å². The summed E-state index contributed by atoms with van der Waals surface area (Å²) in [6.45, 7) is 6.79. The Balaban J connectivity index is 2.28. The number of alkyl halides is 1. The van der Waals surface area contributed by atoms with Crippen molar-refractivity contribution < 1.29 is 9.53 Å². The molecule has 0 unspecified atom stereocenters. The van der Waals surface area contributed by atoms with Crippen molar-refractivity contribution >= 4 is 17.7 Å². The van der Waals surface area contributed by atoms with Crippen molar-refractivity contribution in [2.24, 2.45) is 0 Å². The lowest BCUT2D eigenvalue weighted by atomic mass is 9.91. The fourth-order valence-corrected chi connectivity index (χ4v) is 2.95. The zero-order valence-corrected chi connectivity index (χ0v) is 16.6. The smallest absolute Gasteiger partial charge is 0.410 e. The van der Waals surface area contributed by atoms with Crippen LogP contribution in [0.3, 0.4) is 0 Å².